The van der Waals surface area contributed by atoms with Crippen molar-refractivity contribution in [2.45, 2.75) is 25.9 Å². The molecule has 5 nitrogen and oxygen atoms in total. The van der Waals surface area contributed by atoms with Gasteiger partial charge in [-0.25, -0.2) is 0 Å². The first kappa shape index (κ1) is 14.9. The lowest BCUT2D eigenvalue weighted by molar-refractivity contribution is -0.136. The van der Waals surface area contributed by atoms with Gasteiger partial charge in [0.2, 0.25) is 5.91 Å². The van der Waals surface area contributed by atoms with Crippen LogP contribution < -0.4 is 0 Å². The molecule has 1 saturated heterocycles. The predicted molar refractivity (Wildman–Crippen MR) is 90.2 cm³/mol. The summed E-state index contributed by atoms with van der Waals surface area (Å²) < 4.78 is 1.96. The average Bonchev–Trinajstić information content (AvgIpc) is 3.31. The number of thiophene rings is 1. The summed E-state index contributed by atoms with van der Waals surface area (Å²) in [6.45, 7) is 5.48. The summed E-state index contributed by atoms with van der Waals surface area (Å²) in [6, 6.07) is 4.12. The molecule has 0 spiro atoms. The molecule has 0 radical (unpaired) electrons. The molecule has 0 bridgehead atoms. The zero-order valence-corrected chi connectivity index (χ0v) is 14.0. The van der Waals surface area contributed by atoms with Crippen molar-refractivity contribution in [3.63, 3.8) is 0 Å². The number of fused-ring (bicyclic) bond motifs is 1. The molecule has 0 aromatic carbocycles. The van der Waals surface area contributed by atoms with E-state index < -0.39 is 0 Å². The third-order valence-electron chi connectivity index (χ3n) is 4.95. The molecule has 23 heavy (non-hydrogen) atoms. The second-order valence-electron chi connectivity index (χ2n) is 6.43. The number of hydrogen-bond donors (Lipinski definition) is 0. The van der Waals surface area contributed by atoms with Crippen LogP contribution in [-0.2, 0) is 24.3 Å². The lowest BCUT2D eigenvalue weighted by Gasteiger charge is -2.29. The maximum atomic E-state index is 12.8. The second kappa shape index (κ2) is 6.45. The molecular formula is C17H22N4OS. The van der Waals surface area contributed by atoms with Gasteiger partial charge in [-0.05, 0) is 42.5 Å². The van der Waals surface area contributed by atoms with E-state index in [1.165, 1.54) is 10.4 Å². The average molecular weight is 330 g/mol. The molecule has 122 valence electrons. The molecule has 0 N–H and O–H groups in total. The molecule has 2 aliphatic rings. The molecule has 1 unspecified atom stereocenters. The van der Waals surface area contributed by atoms with E-state index in [1.54, 1.807) is 0 Å². The predicted octanol–water partition coefficient (Wildman–Crippen LogP) is 1.85. The zero-order valence-electron chi connectivity index (χ0n) is 13.2. The summed E-state index contributed by atoms with van der Waals surface area (Å²) in [5.41, 5.74) is 1.35. The lowest BCUT2D eigenvalue weighted by Crippen LogP contribution is -2.40. The summed E-state index contributed by atoms with van der Waals surface area (Å²) in [4.78, 5) is 18.7. The zero-order chi connectivity index (χ0) is 15.6. The van der Waals surface area contributed by atoms with Crippen LogP contribution in [-0.4, -0.2) is 51.7 Å². The topological polar surface area (TPSA) is 41.4 Å². The number of hydrogen-bond acceptors (Lipinski definition) is 4. The molecule has 0 aliphatic carbocycles. The lowest BCUT2D eigenvalue weighted by atomic mass is 10.0. The number of carbonyl (C=O) groups excluding carboxylic acids is 1. The van der Waals surface area contributed by atoms with Crippen LogP contribution >= 0.6 is 11.3 Å². The van der Waals surface area contributed by atoms with Crippen LogP contribution in [0.25, 0.3) is 0 Å². The molecule has 4 rings (SSSR count). The Morgan fingerprint density at radius 3 is 3.17 bits per heavy atom. The van der Waals surface area contributed by atoms with Crippen molar-refractivity contribution in [3.05, 3.63) is 40.3 Å². The fourth-order valence-electron chi connectivity index (χ4n) is 3.61. The molecule has 1 amide bonds. The van der Waals surface area contributed by atoms with Crippen LogP contribution in [0.4, 0.5) is 0 Å². The van der Waals surface area contributed by atoms with Gasteiger partial charge in [0.05, 0.1) is 12.5 Å². The maximum absolute atomic E-state index is 12.8. The minimum absolute atomic E-state index is 0.174. The normalized spacial score (nSPS) is 21.6. The highest BCUT2D eigenvalue weighted by molar-refractivity contribution is 7.10. The molecule has 1 fully saturated rings. The van der Waals surface area contributed by atoms with E-state index in [0.29, 0.717) is 5.91 Å². The molecule has 1 atom stereocenters. The molecular weight excluding hydrogens is 308 g/mol. The van der Waals surface area contributed by atoms with Gasteiger partial charge in [-0.1, -0.05) is 0 Å². The van der Waals surface area contributed by atoms with Gasteiger partial charge in [-0.2, -0.15) is 5.10 Å². The summed E-state index contributed by atoms with van der Waals surface area (Å²) in [6.07, 6.45) is 5.82. The Hall–Kier alpha value is -1.66. The standard InChI is InChI=1S/C17H22N4OS/c22-17(20-8-3-16-14(13-20)4-11-23-16)15-2-7-19(12-15)9-10-21-6-1-5-18-21/h1,4-6,11,15H,2-3,7-10,12-13H2. The van der Waals surface area contributed by atoms with Crippen LogP contribution in [0.1, 0.15) is 16.9 Å². The van der Waals surface area contributed by atoms with Crippen LogP contribution in [0.2, 0.25) is 0 Å². The number of carbonyl (C=O) groups is 1. The smallest absolute Gasteiger partial charge is 0.227 e. The van der Waals surface area contributed by atoms with Crippen LogP contribution in [0.5, 0.6) is 0 Å². The minimum Gasteiger partial charge on any atom is -0.338 e. The maximum Gasteiger partial charge on any atom is 0.227 e. The SMILES string of the molecule is O=C(C1CCN(CCn2cccn2)C1)N1CCc2sccc2C1. The van der Waals surface area contributed by atoms with Crippen LogP contribution in [0.3, 0.4) is 0 Å². The molecule has 6 heteroatoms. The summed E-state index contributed by atoms with van der Waals surface area (Å²) in [5, 5.41) is 6.38. The highest BCUT2D eigenvalue weighted by Crippen LogP contribution is 2.27. The Morgan fingerprint density at radius 1 is 1.35 bits per heavy atom. The fraction of sp³-hybridized carbons (Fsp3) is 0.529. The van der Waals surface area contributed by atoms with E-state index in [-0.39, 0.29) is 5.92 Å². The highest BCUT2D eigenvalue weighted by atomic mass is 32.1. The summed E-state index contributed by atoms with van der Waals surface area (Å²) in [5.74, 6) is 0.524. The quantitative estimate of drug-likeness (QED) is 0.859. The van der Waals surface area contributed by atoms with E-state index in [0.717, 1.165) is 52.1 Å². The van der Waals surface area contributed by atoms with Gasteiger partial charge in [0, 0.05) is 43.4 Å². The van der Waals surface area contributed by atoms with Crippen molar-refractivity contribution >= 4 is 17.2 Å². The third kappa shape index (κ3) is 3.19. The number of likely N-dealkylation sites (tertiary alicyclic amines) is 1. The van der Waals surface area contributed by atoms with E-state index in [2.05, 4.69) is 26.3 Å². The Morgan fingerprint density at radius 2 is 2.30 bits per heavy atom. The number of aromatic nitrogens is 2. The van der Waals surface area contributed by atoms with Gasteiger partial charge in [-0.15, -0.1) is 11.3 Å². The first-order valence-corrected chi connectivity index (χ1v) is 9.21. The van der Waals surface area contributed by atoms with Gasteiger partial charge in [0.25, 0.3) is 0 Å². The van der Waals surface area contributed by atoms with Crippen molar-refractivity contribution in [2.75, 3.05) is 26.2 Å². The molecule has 2 aromatic heterocycles. The first-order valence-electron chi connectivity index (χ1n) is 8.33. The third-order valence-corrected chi connectivity index (χ3v) is 5.97. The molecule has 2 aromatic rings. The number of nitrogens with zero attached hydrogens (tertiary/aromatic N) is 4. The summed E-state index contributed by atoms with van der Waals surface area (Å²) in [7, 11) is 0. The second-order valence-corrected chi connectivity index (χ2v) is 7.43. The largest absolute Gasteiger partial charge is 0.338 e. The molecule has 0 saturated carbocycles. The van der Waals surface area contributed by atoms with E-state index >= 15 is 0 Å². The summed E-state index contributed by atoms with van der Waals surface area (Å²) >= 11 is 1.82. The van der Waals surface area contributed by atoms with Gasteiger partial charge < -0.3 is 9.80 Å². The van der Waals surface area contributed by atoms with Crippen molar-refractivity contribution < 1.29 is 4.79 Å². The van der Waals surface area contributed by atoms with E-state index in [9.17, 15) is 4.79 Å². The van der Waals surface area contributed by atoms with Crippen molar-refractivity contribution in [1.82, 2.24) is 19.6 Å². The first-order chi connectivity index (χ1) is 11.3. The highest BCUT2D eigenvalue weighted by Gasteiger charge is 2.32. The van der Waals surface area contributed by atoms with Gasteiger partial charge in [0.15, 0.2) is 0 Å². The number of amides is 1. The fourth-order valence-corrected chi connectivity index (χ4v) is 4.50. The van der Waals surface area contributed by atoms with Gasteiger partial charge >= 0.3 is 0 Å². The van der Waals surface area contributed by atoms with Crippen molar-refractivity contribution in [2.24, 2.45) is 5.92 Å². The Kier molecular flexibility index (Phi) is 4.18. The minimum atomic E-state index is 0.174. The molecule has 4 heterocycles. The van der Waals surface area contributed by atoms with Crippen molar-refractivity contribution in [1.29, 1.82) is 0 Å². The monoisotopic (exact) mass is 330 g/mol. The van der Waals surface area contributed by atoms with Crippen molar-refractivity contribution in [3.8, 4) is 0 Å². The Labute approximate surface area is 140 Å². The van der Waals surface area contributed by atoms with E-state index in [4.69, 9.17) is 0 Å². The Balaban J connectivity index is 1.30. The number of rotatable bonds is 4. The Bertz CT molecular complexity index is 666. The van der Waals surface area contributed by atoms with Gasteiger partial charge in [0.1, 0.15) is 0 Å². The van der Waals surface area contributed by atoms with Crippen LogP contribution in [0, 0.1) is 5.92 Å². The van der Waals surface area contributed by atoms with E-state index in [1.807, 2.05) is 34.5 Å². The van der Waals surface area contributed by atoms with Crippen LogP contribution in [0.15, 0.2) is 29.9 Å². The molecule has 2 aliphatic heterocycles. The van der Waals surface area contributed by atoms with Gasteiger partial charge in [-0.3, -0.25) is 9.48 Å².